The summed E-state index contributed by atoms with van der Waals surface area (Å²) in [7, 11) is 2.19. The summed E-state index contributed by atoms with van der Waals surface area (Å²) in [5, 5.41) is 6.29. The van der Waals surface area contributed by atoms with Crippen molar-refractivity contribution in [3.05, 3.63) is 11.8 Å². The number of piperidine rings is 1. The SMILES string of the molecule is CN1CCN(C2CCN(C34CC(Nc5ncc(C(F)(F)F)c(NCCCN6C(=O)C7COCC6C7)n5)(C3)C4)CC2)CC1. The van der Waals surface area contributed by atoms with Crippen molar-refractivity contribution < 1.29 is 22.7 Å². The summed E-state index contributed by atoms with van der Waals surface area (Å²) < 4.78 is 46.8. The van der Waals surface area contributed by atoms with E-state index in [1.165, 1.54) is 12.8 Å². The fourth-order valence-corrected chi connectivity index (χ4v) is 8.48. The van der Waals surface area contributed by atoms with Gasteiger partial charge in [0, 0.05) is 75.7 Å². The third kappa shape index (κ3) is 5.24. The Labute approximate surface area is 245 Å². The van der Waals surface area contributed by atoms with E-state index in [1.54, 1.807) is 0 Å². The molecule has 2 unspecified atom stereocenters. The molecule has 7 fully saturated rings. The normalized spacial score (nSPS) is 34.3. The molecule has 4 bridgehead atoms. The minimum atomic E-state index is -4.56. The highest BCUT2D eigenvalue weighted by Gasteiger charge is 2.70. The Morgan fingerprint density at radius 2 is 1.79 bits per heavy atom. The van der Waals surface area contributed by atoms with Gasteiger partial charge in [-0.3, -0.25) is 14.6 Å². The second kappa shape index (κ2) is 10.7. The van der Waals surface area contributed by atoms with Crippen LogP contribution in [0.4, 0.5) is 24.9 Å². The number of nitrogens with zero attached hydrogens (tertiary/aromatic N) is 6. The van der Waals surface area contributed by atoms with Gasteiger partial charge in [0.1, 0.15) is 11.4 Å². The van der Waals surface area contributed by atoms with Crippen molar-refractivity contribution >= 4 is 17.7 Å². The third-order valence-electron chi connectivity index (χ3n) is 10.8. The number of aromatic nitrogens is 2. The fraction of sp³-hybridized carbons (Fsp3) is 0.828. The summed E-state index contributed by atoms with van der Waals surface area (Å²) in [6.07, 6.45) is 3.05. The molecule has 42 heavy (non-hydrogen) atoms. The highest BCUT2D eigenvalue weighted by atomic mass is 19.4. The van der Waals surface area contributed by atoms with E-state index in [1.807, 2.05) is 4.90 Å². The first-order valence-electron chi connectivity index (χ1n) is 15.7. The molecule has 3 aliphatic carbocycles. The second-order valence-corrected chi connectivity index (χ2v) is 13.6. The number of halogens is 3. The van der Waals surface area contributed by atoms with Gasteiger partial charge in [-0.2, -0.15) is 18.2 Å². The Morgan fingerprint density at radius 3 is 2.48 bits per heavy atom. The molecule has 1 aromatic heterocycles. The highest BCUT2D eigenvalue weighted by molar-refractivity contribution is 5.82. The Hall–Kier alpha value is -2.22. The van der Waals surface area contributed by atoms with Crippen molar-refractivity contribution in [2.24, 2.45) is 5.92 Å². The maximum Gasteiger partial charge on any atom is 0.421 e. The van der Waals surface area contributed by atoms with Crippen molar-refractivity contribution in [2.75, 3.05) is 83.3 Å². The molecule has 4 aliphatic heterocycles. The second-order valence-electron chi connectivity index (χ2n) is 13.6. The number of anilines is 2. The number of fused-ring (bicyclic) bond motifs is 2. The topological polar surface area (TPSA) is 89.1 Å². The summed E-state index contributed by atoms with van der Waals surface area (Å²) in [6, 6.07) is 0.766. The van der Waals surface area contributed by atoms with Crippen LogP contribution in [0.1, 0.15) is 50.5 Å². The Bertz CT molecular complexity index is 1150. The van der Waals surface area contributed by atoms with E-state index in [0.29, 0.717) is 32.2 Å². The van der Waals surface area contributed by atoms with Crippen LogP contribution in [-0.4, -0.2) is 131 Å². The van der Waals surface area contributed by atoms with E-state index >= 15 is 0 Å². The van der Waals surface area contributed by atoms with Crippen LogP contribution in [-0.2, 0) is 15.7 Å². The lowest BCUT2D eigenvalue weighted by Gasteiger charge is -2.74. The lowest BCUT2D eigenvalue weighted by atomic mass is 9.43. The number of alkyl halides is 3. The van der Waals surface area contributed by atoms with Crippen LogP contribution in [0.15, 0.2) is 6.20 Å². The van der Waals surface area contributed by atoms with Crippen LogP contribution >= 0.6 is 0 Å². The smallest absolute Gasteiger partial charge is 0.378 e. The van der Waals surface area contributed by atoms with Crippen LogP contribution in [0, 0.1) is 5.92 Å². The van der Waals surface area contributed by atoms with Gasteiger partial charge in [0.15, 0.2) is 0 Å². The summed E-state index contributed by atoms with van der Waals surface area (Å²) in [4.78, 5) is 30.4. The van der Waals surface area contributed by atoms with E-state index in [2.05, 4.69) is 42.3 Å². The molecule has 13 heteroatoms. The number of piperazine rings is 1. The third-order valence-corrected chi connectivity index (χ3v) is 10.8. The fourth-order valence-electron chi connectivity index (χ4n) is 8.48. The zero-order valence-corrected chi connectivity index (χ0v) is 24.5. The van der Waals surface area contributed by atoms with Crippen molar-refractivity contribution in [1.82, 2.24) is 29.6 Å². The lowest BCUT2D eigenvalue weighted by molar-refractivity contribution is -0.161. The van der Waals surface area contributed by atoms with Gasteiger partial charge in [-0.15, -0.1) is 0 Å². The van der Waals surface area contributed by atoms with Crippen LogP contribution in [0.3, 0.4) is 0 Å². The van der Waals surface area contributed by atoms with Gasteiger partial charge in [-0.05, 0) is 52.0 Å². The molecule has 8 rings (SSSR count). The minimum Gasteiger partial charge on any atom is -0.378 e. The van der Waals surface area contributed by atoms with Crippen LogP contribution in [0.2, 0.25) is 0 Å². The maximum atomic E-state index is 13.8. The van der Waals surface area contributed by atoms with Gasteiger partial charge in [-0.1, -0.05) is 0 Å². The zero-order chi connectivity index (χ0) is 29.1. The largest absolute Gasteiger partial charge is 0.421 e. The molecular weight excluding hydrogens is 549 g/mol. The van der Waals surface area contributed by atoms with E-state index < -0.39 is 11.7 Å². The summed E-state index contributed by atoms with van der Waals surface area (Å²) >= 11 is 0. The average Bonchev–Trinajstić information content (AvgIpc) is 3.14. The molecule has 2 atom stereocenters. The molecule has 5 heterocycles. The minimum absolute atomic E-state index is 0.0749. The lowest BCUT2D eigenvalue weighted by Crippen LogP contribution is -2.82. The van der Waals surface area contributed by atoms with E-state index in [-0.39, 0.29) is 47.3 Å². The Kier molecular flexibility index (Phi) is 7.30. The quantitative estimate of drug-likeness (QED) is 0.420. The molecule has 2 N–H and O–H groups in total. The van der Waals surface area contributed by atoms with Gasteiger partial charge >= 0.3 is 6.18 Å². The summed E-state index contributed by atoms with van der Waals surface area (Å²) in [5.41, 5.74) is -0.767. The first-order valence-corrected chi connectivity index (χ1v) is 15.7. The molecule has 0 spiro atoms. The number of rotatable bonds is 9. The predicted octanol–water partition coefficient (Wildman–Crippen LogP) is 2.34. The van der Waals surface area contributed by atoms with Crippen molar-refractivity contribution in [1.29, 1.82) is 0 Å². The number of carbonyl (C=O) groups excluding carboxylic acids is 1. The van der Waals surface area contributed by atoms with Crippen LogP contribution < -0.4 is 10.6 Å². The number of likely N-dealkylation sites (N-methyl/N-ethyl adjacent to an activating group) is 1. The number of hydrogen-bond donors (Lipinski definition) is 2. The van der Waals surface area contributed by atoms with E-state index in [9.17, 15) is 18.0 Å². The van der Waals surface area contributed by atoms with Gasteiger partial charge in [0.05, 0.1) is 25.2 Å². The summed E-state index contributed by atoms with van der Waals surface area (Å²) in [5.74, 6) is 0.0576. The van der Waals surface area contributed by atoms with Crippen molar-refractivity contribution in [3.63, 3.8) is 0 Å². The zero-order valence-electron chi connectivity index (χ0n) is 24.5. The van der Waals surface area contributed by atoms with Crippen LogP contribution in [0.25, 0.3) is 0 Å². The summed E-state index contributed by atoms with van der Waals surface area (Å²) in [6.45, 7) is 8.64. The van der Waals surface area contributed by atoms with Gasteiger partial charge in [0.25, 0.3) is 0 Å². The molecule has 0 radical (unpaired) electrons. The highest BCUT2D eigenvalue weighted by Crippen LogP contribution is 2.65. The maximum absolute atomic E-state index is 13.8. The molecule has 1 aromatic rings. The molecule has 1 amide bonds. The number of nitrogens with one attached hydrogen (secondary N) is 2. The Balaban J connectivity index is 0.912. The first-order chi connectivity index (χ1) is 20.1. The van der Waals surface area contributed by atoms with Crippen molar-refractivity contribution in [3.8, 4) is 0 Å². The molecule has 7 aliphatic rings. The molecular formula is C29H43F3N8O2. The average molecular weight is 593 g/mol. The first kappa shape index (κ1) is 28.5. The molecule has 10 nitrogen and oxygen atoms in total. The molecule has 4 saturated heterocycles. The Morgan fingerprint density at radius 1 is 1.05 bits per heavy atom. The molecule has 232 valence electrons. The van der Waals surface area contributed by atoms with E-state index in [0.717, 1.165) is 71.1 Å². The van der Waals surface area contributed by atoms with Crippen molar-refractivity contribution in [2.45, 2.75) is 74.3 Å². The monoisotopic (exact) mass is 592 g/mol. The van der Waals surface area contributed by atoms with Gasteiger partial charge in [0.2, 0.25) is 11.9 Å². The molecule has 3 saturated carbocycles. The number of carbonyl (C=O) groups is 1. The molecule has 0 aromatic carbocycles. The predicted molar refractivity (Wildman–Crippen MR) is 151 cm³/mol. The van der Waals surface area contributed by atoms with Crippen LogP contribution in [0.5, 0.6) is 0 Å². The number of hydrogen-bond acceptors (Lipinski definition) is 9. The standard InChI is InChI=1S/C29H43F3N8O2/c1-37-9-11-38(12-10-37)21-3-7-39(8-4-21)28-17-27(18-28,19-28)36-26-34-14-23(29(30,31)32)24(35-26)33-5-2-6-40-22-13-20(25(40)41)15-42-16-22/h14,20-22H,2-13,15-19H2,1H3,(H2,33,34,35,36). The number of ether oxygens (including phenoxy) is 1. The van der Waals surface area contributed by atoms with Gasteiger partial charge in [-0.25, -0.2) is 4.98 Å². The number of likely N-dealkylation sites (tertiary alicyclic amines) is 2. The van der Waals surface area contributed by atoms with E-state index in [4.69, 9.17) is 4.74 Å². The number of amides is 1. The van der Waals surface area contributed by atoms with Gasteiger partial charge < -0.3 is 25.2 Å².